The lowest BCUT2D eigenvalue weighted by molar-refractivity contribution is 0.986. The van der Waals surface area contributed by atoms with Gasteiger partial charge in [-0.25, -0.2) is 9.97 Å². The number of aliphatic imine (C=N–C) groups is 1. The van der Waals surface area contributed by atoms with Gasteiger partial charge in [-0.15, -0.1) is 0 Å². The summed E-state index contributed by atoms with van der Waals surface area (Å²) in [6, 6.07) is 0. The number of hydrogen-bond donors (Lipinski definition) is 0. The summed E-state index contributed by atoms with van der Waals surface area (Å²) >= 11 is 0. The summed E-state index contributed by atoms with van der Waals surface area (Å²) < 4.78 is 0. The summed E-state index contributed by atoms with van der Waals surface area (Å²) in [4.78, 5) is 12.2. The van der Waals surface area contributed by atoms with E-state index < -0.39 is 0 Å². The molecule has 0 aliphatic rings. The first kappa shape index (κ1) is 12.8. The molecule has 0 spiro atoms. The van der Waals surface area contributed by atoms with E-state index in [1.54, 1.807) is 19.6 Å². The number of rotatable bonds is 2. The molecule has 0 aliphatic carbocycles. The maximum absolute atomic E-state index is 4.14. The van der Waals surface area contributed by atoms with Crippen LogP contribution in [0, 0.1) is 6.92 Å². The van der Waals surface area contributed by atoms with Crippen LogP contribution in [0.2, 0.25) is 0 Å². The maximum atomic E-state index is 4.14. The second kappa shape index (κ2) is 7.18. The predicted molar refractivity (Wildman–Crippen MR) is 61.0 cm³/mol. The van der Waals surface area contributed by atoms with Gasteiger partial charge in [-0.1, -0.05) is 20.8 Å². The smallest absolute Gasteiger partial charge is 0.116 e. The van der Waals surface area contributed by atoms with Crippen LogP contribution in [0.4, 0.5) is 0 Å². The van der Waals surface area contributed by atoms with Crippen molar-refractivity contribution in [2.24, 2.45) is 4.99 Å². The Balaban J connectivity index is 0.000000791. The molecule has 0 bridgehead atoms. The predicted octanol–water partition coefficient (Wildman–Crippen LogP) is 2.42. The van der Waals surface area contributed by atoms with Crippen LogP contribution in [0.15, 0.2) is 11.3 Å². The molecule has 0 atom stereocenters. The van der Waals surface area contributed by atoms with E-state index in [2.05, 4.69) is 21.9 Å². The van der Waals surface area contributed by atoms with Crippen LogP contribution in [-0.2, 0) is 6.42 Å². The Morgan fingerprint density at radius 3 is 2.50 bits per heavy atom. The minimum absolute atomic E-state index is 0.938. The number of aromatic nitrogens is 2. The van der Waals surface area contributed by atoms with Gasteiger partial charge in [-0.3, -0.25) is 4.99 Å². The van der Waals surface area contributed by atoms with Crippen molar-refractivity contribution in [3.05, 3.63) is 23.3 Å². The minimum Gasteiger partial charge on any atom is -0.294 e. The molecule has 1 heterocycles. The van der Waals surface area contributed by atoms with Crippen molar-refractivity contribution in [1.29, 1.82) is 0 Å². The van der Waals surface area contributed by atoms with Gasteiger partial charge in [0.15, 0.2) is 0 Å². The van der Waals surface area contributed by atoms with Crippen molar-refractivity contribution in [3.63, 3.8) is 0 Å². The molecule has 14 heavy (non-hydrogen) atoms. The third-order valence-electron chi connectivity index (χ3n) is 1.80. The molecule has 1 aromatic heterocycles. The zero-order valence-electron chi connectivity index (χ0n) is 9.70. The van der Waals surface area contributed by atoms with Crippen LogP contribution in [0.5, 0.6) is 0 Å². The summed E-state index contributed by atoms with van der Waals surface area (Å²) in [5.41, 5.74) is 3.16. The highest BCUT2D eigenvalue weighted by atomic mass is 14.8. The maximum Gasteiger partial charge on any atom is 0.116 e. The van der Waals surface area contributed by atoms with E-state index >= 15 is 0 Å². The quantitative estimate of drug-likeness (QED) is 0.676. The van der Waals surface area contributed by atoms with Crippen molar-refractivity contribution < 1.29 is 0 Å². The van der Waals surface area contributed by atoms with E-state index in [9.17, 15) is 0 Å². The third-order valence-corrected chi connectivity index (χ3v) is 1.80. The zero-order valence-corrected chi connectivity index (χ0v) is 9.70. The molecule has 0 unspecified atom stereocenters. The third kappa shape index (κ3) is 3.24. The highest BCUT2D eigenvalue weighted by Crippen LogP contribution is 2.07. The summed E-state index contributed by atoms with van der Waals surface area (Å²) in [5.74, 6) is 0. The van der Waals surface area contributed by atoms with E-state index in [-0.39, 0.29) is 0 Å². The Morgan fingerprint density at radius 2 is 2.00 bits per heavy atom. The van der Waals surface area contributed by atoms with E-state index in [0.29, 0.717) is 0 Å². The number of hydrogen-bond acceptors (Lipinski definition) is 3. The lowest BCUT2D eigenvalue weighted by Gasteiger charge is -2.03. The fourth-order valence-electron chi connectivity index (χ4n) is 1.19. The molecule has 0 saturated heterocycles. The normalized spacial score (nSPS) is 9.79. The highest BCUT2D eigenvalue weighted by molar-refractivity contribution is 5.79. The number of nitrogens with zero attached hydrogens (tertiary/aromatic N) is 3. The Bertz CT molecular complexity index is 293. The Hall–Kier alpha value is -1.25. The van der Waals surface area contributed by atoms with Crippen LogP contribution in [0.25, 0.3) is 0 Å². The first-order valence-electron chi connectivity index (χ1n) is 5.02. The van der Waals surface area contributed by atoms with E-state index in [4.69, 9.17) is 0 Å². The summed E-state index contributed by atoms with van der Waals surface area (Å²) in [6.45, 7) is 8.09. The van der Waals surface area contributed by atoms with Crippen molar-refractivity contribution in [3.8, 4) is 0 Å². The van der Waals surface area contributed by atoms with Crippen LogP contribution in [-0.4, -0.2) is 23.2 Å². The molecule has 78 valence electrons. The van der Waals surface area contributed by atoms with Crippen LogP contribution in [0.3, 0.4) is 0 Å². The van der Waals surface area contributed by atoms with Crippen LogP contribution in [0.1, 0.15) is 37.7 Å². The summed E-state index contributed by atoms with van der Waals surface area (Å²) in [5, 5.41) is 0. The van der Waals surface area contributed by atoms with Gasteiger partial charge < -0.3 is 0 Å². The molecule has 0 radical (unpaired) electrons. The Kier molecular flexibility index (Phi) is 6.54. The molecule has 0 amide bonds. The molecule has 1 rings (SSSR count). The van der Waals surface area contributed by atoms with E-state index in [1.165, 1.54) is 5.56 Å². The van der Waals surface area contributed by atoms with Gasteiger partial charge in [-0.2, -0.15) is 0 Å². The largest absolute Gasteiger partial charge is 0.294 e. The fourth-order valence-corrected chi connectivity index (χ4v) is 1.19. The van der Waals surface area contributed by atoms with Crippen LogP contribution < -0.4 is 0 Å². The fraction of sp³-hybridized carbons (Fsp3) is 0.545. The molecule has 3 nitrogen and oxygen atoms in total. The molecule has 1 aromatic rings. The molecular weight excluding hydrogens is 174 g/mol. The van der Waals surface area contributed by atoms with Crippen molar-refractivity contribution in [2.75, 3.05) is 7.05 Å². The van der Waals surface area contributed by atoms with Gasteiger partial charge in [0.2, 0.25) is 0 Å². The molecule has 0 N–H and O–H groups in total. The van der Waals surface area contributed by atoms with Gasteiger partial charge >= 0.3 is 0 Å². The number of aryl methyl sites for hydroxylation is 1. The molecule has 0 aliphatic heterocycles. The lowest BCUT2D eigenvalue weighted by atomic mass is 10.1. The highest BCUT2D eigenvalue weighted by Gasteiger charge is 2.02. The van der Waals surface area contributed by atoms with Crippen molar-refractivity contribution >= 4 is 6.21 Å². The average Bonchev–Trinajstić information content (AvgIpc) is 2.22. The van der Waals surface area contributed by atoms with E-state index in [1.807, 2.05) is 20.8 Å². The minimum atomic E-state index is 0.938. The monoisotopic (exact) mass is 193 g/mol. The first-order chi connectivity index (χ1) is 6.79. The topological polar surface area (TPSA) is 38.1 Å². The summed E-state index contributed by atoms with van der Waals surface area (Å²) in [6.07, 6.45) is 4.30. The van der Waals surface area contributed by atoms with Gasteiger partial charge in [0.1, 0.15) is 6.33 Å². The van der Waals surface area contributed by atoms with Crippen molar-refractivity contribution in [1.82, 2.24) is 9.97 Å². The van der Waals surface area contributed by atoms with Gasteiger partial charge in [-0.05, 0) is 13.3 Å². The van der Waals surface area contributed by atoms with Gasteiger partial charge in [0.05, 0.1) is 5.69 Å². The molecule has 3 heteroatoms. The molecular formula is C11H19N3. The SMILES string of the molecule is CC.CCc1c(C)ncnc1C=NC. The molecule has 0 fully saturated rings. The first-order valence-corrected chi connectivity index (χ1v) is 5.02. The van der Waals surface area contributed by atoms with Crippen LogP contribution >= 0.6 is 0 Å². The average molecular weight is 193 g/mol. The molecule has 0 saturated carbocycles. The summed E-state index contributed by atoms with van der Waals surface area (Å²) in [7, 11) is 1.75. The van der Waals surface area contributed by atoms with E-state index in [0.717, 1.165) is 17.8 Å². The van der Waals surface area contributed by atoms with Crippen molar-refractivity contribution in [2.45, 2.75) is 34.1 Å². The second-order valence-electron chi connectivity index (χ2n) is 2.56. The second-order valence-corrected chi connectivity index (χ2v) is 2.56. The lowest BCUT2D eigenvalue weighted by Crippen LogP contribution is -2.00. The Morgan fingerprint density at radius 1 is 1.36 bits per heavy atom. The molecule has 0 aromatic carbocycles. The van der Waals surface area contributed by atoms with Gasteiger partial charge in [0.25, 0.3) is 0 Å². The Labute approximate surface area is 86.3 Å². The van der Waals surface area contributed by atoms with Gasteiger partial charge in [0, 0.05) is 24.5 Å². The standard InChI is InChI=1S/C9H13N3.C2H6/c1-4-8-7(2)11-6-12-9(8)5-10-3;1-2/h5-6H,4H2,1-3H3;1-2H3. The zero-order chi connectivity index (χ0) is 11.0.